The summed E-state index contributed by atoms with van der Waals surface area (Å²) in [4.78, 5) is 11.3. The largest absolute Gasteiger partial charge is 0.493 e. The molecular formula is C24H30N4O2. The number of aryl methyl sites for hydroxylation is 1. The zero-order valence-corrected chi connectivity index (χ0v) is 18.0. The molecule has 1 aliphatic rings. The highest BCUT2D eigenvalue weighted by Crippen LogP contribution is 2.32. The SMILES string of the molecule is COc1cccc(CN2CCCC(Cn3c(C)cnc3-c3ccncc3)C2)c1OC. The lowest BCUT2D eigenvalue weighted by Crippen LogP contribution is -2.36. The van der Waals surface area contributed by atoms with Crippen molar-refractivity contribution >= 4 is 0 Å². The van der Waals surface area contributed by atoms with Crippen LogP contribution in [0.25, 0.3) is 11.4 Å². The molecule has 3 aromatic rings. The molecule has 0 saturated carbocycles. The minimum Gasteiger partial charge on any atom is -0.493 e. The summed E-state index contributed by atoms with van der Waals surface area (Å²) in [6.45, 7) is 6.16. The number of likely N-dealkylation sites (tertiary alicyclic amines) is 1. The fourth-order valence-corrected chi connectivity index (χ4v) is 4.44. The van der Waals surface area contributed by atoms with Crippen LogP contribution in [0.15, 0.2) is 48.9 Å². The van der Waals surface area contributed by atoms with Crippen LogP contribution in [-0.2, 0) is 13.1 Å². The van der Waals surface area contributed by atoms with E-state index in [0.717, 1.165) is 49.1 Å². The predicted molar refractivity (Wildman–Crippen MR) is 118 cm³/mol. The van der Waals surface area contributed by atoms with Crippen molar-refractivity contribution in [2.45, 2.75) is 32.9 Å². The first-order valence-electron chi connectivity index (χ1n) is 10.5. The Bertz CT molecular complexity index is 971. The number of pyridine rings is 1. The van der Waals surface area contributed by atoms with E-state index in [1.165, 1.54) is 24.1 Å². The molecule has 0 N–H and O–H groups in total. The molecule has 1 saturated heterocycles. The lowest BCUT2D eigenvalue weighted by atomic mass is 9.97. The van der Waals surface area contributed by atoms with Crippen LogP contribution in [0.4, 0.5) is 0 Å². The smallest absolute Gasteiger partial charge is 0.165 e. The number of para-hydroxylation sites is 1. The normalized spacial score (nSPS) is 17.1. The van der Waals surface area contributed by atoms with Gasteiger partial charge in [-0.25, -0.2) is 4.98 Å². The molecule has 0 bridgehead atoms. The van der Waals surface area contributed by atoms with Gasteiger partial charge in [-0.1, -0.05) is 12.1 Å². The summed E-state index contributed by atoms with van der Waals surface area (Å²) in [5.41, 5.74) is 3.49. The minimum absolute atomic E-state index is 0.587. The van der Waals surface area contributed by atoms with E-state index in [4.69, 9.17) is 9.47 Å². The van der Waals surface area contributed by atoms with Crippen LogP contribution in [0.2, 0.25) is 0 Å². The highest BCUT2D eigenvalue weighted by Gasteiger charge is 2.23. The Morgan fingerprint density at radius 2 is 1.93 bits per heavy atom. The van der Waals surface area contributed by atoms with E-state index in [-0.39, 0.29) is 0 Å². The Labute approximate surface area is 178 Å². The summed E-state index contributed by atoms with van der Waals surface area (Å²) in [6.07, 6.45) is 8.06. The van der Waals surface area contributed by atoms with Gasteiger partial charge in [-0.05, 0) is 50.4 Å². The third-order valence-electron chi connectivity index (χ3n) is 5.92. The molecule has 1 aromatic carbocycles. The molecule has 4 rings (SSSR count). The molecule has 1 unspecified atom stereocenters. The van der Waals surface area contributed by atoms with E-state index in [9.17, 15) is 0 Å². The molecular weight excluding hydrogens is 376 g/mol. The summed E-state index contributed by atoms with van der Waals surface area (Å²) < 4.78 is 13.5. The summed E-state index contributed by atoms with van der Waals surface area (Å²) in [5, 5.41) is 0. The molecule has 6 heteroatoms. The topological polar surface area (TPSA) is 52.4 Å². The second kappa shape index (κ2) is 9.30. The average Bonchev–Trinajstić information content (AvgIpc) is 3.14. The van der Waals surface area contributed by atoms with Gasteiger partial charge in [-0.3, -0.25) is 9.88 Å². The summed E-state index contributed by atoms with van der Waals surface area (Å²) in [6, 6.07) is 10.2. The van der Waals surface area contributed by atoms with E-state index in [0.29, 0.717) is 5.92 Å². The van der Waals surface area contributed by atoms with E-state index in [1.54, 1.807) is 14.2 Å². The number of imidazole rings is 1. The third-order valence-corrected chi connectivity index (χ3v) is 5.92. The maximum Gasteiger partial charge on any atom is 0.165 e. The predicted octanol–water partition coefficient (Wildman–Crippen LogP) is 4.18. The number of piperidine rings is 1. The van der Waals surface area contributed by atoms with Crippen molar-refractivity contribution in [3.8, 4) is 22.9 Å². The van der Waals surface area contributed by atoms with Crippen molar-refractivity contribution in [2.24, 2.45) is 5.92 Å². The van der Waals surface area contributed by atoms with Crippen molar-refractivity contribution in [3.05, 3.63) is 60.2 Å². The number of hydrogen-bond acceptors (Lipinski definition) is 5. The van der Waals surface area contributed by atoms with Crippen LogP contribution in [0, 0.1) is 12.8 Å². The molecule has 0 radical (unpaired) electrons. The number of nitrogens with zero attached hydrogens (tertiary/aromatic N) is 4. The Kier molecular flexibility index (Phi) is 6.33. The van der Waals surface area contributed by atoms with Gasteiger partial charge in [-0.15, -0.1) is 0 Å². The minimum atomic E-state index is 0.587. The van der Waals surface area contributed by atoms with Crippen molar-refractivity contribution in [1.82, 2.24) is 19.4 Å². The number of rotatable bonds is 7. The van der Waals surface area contributed by atoms with E-state index in [1.807, 2.05) is 42.9 Å². The molecule has 0 spiro atoms. The zero-order valence-electron chi connectivity index (χ0n) is 18.0. The van der Waals surface area contributed by atoms with E-state index in [2.05, 4.69) is 32.4 Å². The van der Waals surface area contributed by atoms with Crippen LogP contribution in [0.3, 0.4) is 0 Å². The van der Waals surface area contributed by atoms with Crippen LogP contribution in [-0.4, -0.2) is 46.7 Å². The summed E-state index contributed by atoms with van der Waals surface area (Å²) in [7, 11) is 3.40. The van der Waals surface area contributed by atoms with Crippen LogP contribution in [0.1, 0.15) is 24.1 Å². The Morgan fingerprint density at radius 3 is 2.70 bits per heavy atom. The molecule has 158 valence electrons. The maximum atomic E-state index is 5.63. The first-order chi connectivity index (χ1) is 14.7. The van der Waals surface area contributed by atoms with Crippen LogP contribution in [0.5, 0.6) is 11.5 Å². The maximum absolute atomic E-state index is 5.63. The number of hydrogen-bond donors (Lipinski definition) is 0. The Balaban J connectivity index is 1.48. The number of ether oxygens (including phenoxy) is 2. The first-order valence-corrected chi connectivity index (χ1v) is 10.5. The highest BCUT2D eigenvalue weighted by atomic mass is 16.5. The van der Waals surface area contributed by atoms with Gasteiger partial charge in [0.25, 0.3) is 0 Å². The summed E-state index contributed by atoms with van der Waals surface area (Å²) >= 11 is 0. The molecule has 1 aliphatic heterocycles. The number of methoxy groups -OCH3 is 2. The van der Waals surface area contributed by atoms with Gasteiger partial charge in [0.2, 0.25) is 0 Å². The number of benzene rings is 1. The molecule has 0 aliphatic carbocycles. The van der Waals surface area contributed by atoms with E-state index < -0.39 is 0 Å². The standard InChI is InChI=1S/C24H30N4O2/c1-18-14-26-24(20-9-11-25-12-10-20)28(18)16-19-6-5-13-27(15-19)17-21-7-4-8-22(29-2)23(21)30-3/h4,7-12,14,19H,5-6,13,15-17H2,1-3H3. The van der Waals surface area contributed by atoms with Gasteiger partial charge in [0.15, 0.2) is 11.5 Å². The lowest BCUT2D eigenvalue weighted by molar-refractivity contribution is 0.154. The molecule has 0 amide bonds. The van der Waals surface area contributed by atoms with Gasteiger partial charge < -0.3 is 14.0 Å². The highest BCUT2D eigenvalue weighted by molar-refractivity contribution is 5.55. The van der Waals surface area contributed by atoms with Gasteiger partial charge in [0, 0.05) is 55.0 Å². The third kappa shape index (κ3) is 4.33. The zero-order chi connectivity index (χ0) is 20.9. The van der Waals surface area contributed by atoms with Crippen molar-refractivity contribution in [2.75, 3.05) is 27.3 Å². The van der Waals surface area contributed by atoms with Crippen molar-refractivity contribution in [1.29, 1.82) is 0 Å². The van der Waals surface area contributed by atoms with Gasteiger partial charge in [0.1, 0.15) is 5.82 Å². The fourth-order valence-electron chi connectivity index (χ4n) is 4.44. The molecule has 1 fully saturated rings. The van der Waals surface area contributed by atoms with Crippen LogP contribution >= 0.6 is 0 Å². The first kappa shape index (κ1) is 20.4. The Morgan fingerprint density at radius 1 is 1.10 bits per heavy atom. The quantitative estimate of drug-likeness (QED) is 0.589. The molecule has 30 heavy (non-hydrogen) atoms. The molecule has 6 nitrogen and oxygen atoms in total. The van der Waals surface area contributed by atoms with Gasteiger partial charge in [0.05, 0.1) is 14.2 Å². The Hall–Kier alpha value is -2.86. The van der Waals surface area contributed by atoms with Gasteiger partial charge >= 0.3 is 0 Å². The second-order valence-electron chi connectivity index (χ2n) is 7.97. The summed E-state index contributed by atoms with van der Waals surface area (Å²) in [5.74, 6) is 3.25. The van der Waals surface area contributed by atoms with Crippen molar-refractivity contribution < 1.29 is 9.47 Å². The van der Waals surface area contributed by atoms with Gasteiger partial charge in [-0.2, -0.15) is 0 Å². The molecule has 1 atom stereocenters. The van der Waals surface area contributed by atoms with Crippen LogP contribution < -0.4 is 9.47 Å². The number of aromatic nitrogens is 3. The van der Waals surface area contributed by atoms with E-state index >= 15 is 0 Å². The molecule has 2 aromatic heterocycles. The fraction of sp³-hybridized carbons (Fsp3) is 0.417. The monoisotopic (exact) mass is 406 g/mol. The average molecular weight is 407 g/mol. The second-order valence-corrected chi connectivity index (χ2v) is 7.97. The lowest BCUT2D eigenvalue weighted by Gasteiger charge is -2.33. The molecule has 3 heterocycles. The van der Waals surface area contributed by atoms with Crippen molar-refractivity contribution in [3.63, 3.8) is 0 Å².